The molecule has 6 heteroatoms. The van der Waals surface area contributed by atoms with Gasteiger partial charge in [0.2, 0.25) is 0 Å². The molecule has 1 unspecified atom stereocenters. The number of benzene rings is 2. The summed E-state index contributed by atoms with van der Waals surface area (Å²) in [6, 6.07) is 15.0. The van der Waals surface area contributed by atoms with E-state index in [0.717, 1.165) is 31.4 Å². The Morgan fingerprint density at radius 3 is 2.73 bits per heavy atom. The normalized spacial score (nSPS) is 16.6. The van der Waals surface area contributed by atoms with E-state index in [1.54, 1.807) is 6.07 Å². The average molecular weight is 367 g/mol. The number of nitriles is 1. The Morgan fingerprint density at radius 1 is 1.23 bits per heavy atom. The van der Waals surface area contributed by atoms with Crippen LogP contribution in [0.15, 0.2) is 48.5 Å². The van der Waals surface area contributed by atoms with Crippen LogP contribution in [0.4, 0.5) is 4.39 Å². The molecular weight excluding hydrogens is 349 g/mol. The zero-order valence-electron chi connectivity index (χ0n) is 14.1. The van der Waals surface area contributed by atoms with Crippen molar-refractivity contribution in [2.75, 3.05) is 6.54 Å². The molecule has 3 rings (SSSR count). The van der Waals surface area contributed by atoms with Gasteiger partial charge in [-0.05, 0) is 73.4 Å². The minimum absolute atomic E-state index is 0.0260. The lowest BCUT2D eigenvalue weighted by Crippen LogP contribution is -2.46. The second-order valence-electron chi connectivity index (χ2n) is 6.21. The van der Waals surface area contributed by atoms with E-state index in [0.29, 0.717) is 16.2 Å². The molecule has 132 valence electrons. The standard InChI is InChI=1S/C20H18FN3OS/c21-17-9-7-15(8-10-17)19(25)23-20(26)24-11-2-1-6-18(24)16-5-3-4-14(12-16)13-22/h3-5,7-10,12,18H,1-2,6,11H2,(H,23,25,26). The molecule has 4 nitrogen and oxygen atoms in total. The quantitative estimate of drug-likeness (QED) is 0.817. The predicted molar refractivity (Wildman–Crippen MR) is 101 cm³/mol. The van der Waals surface area contributed by atoms with Gasteiger partial charge in [-0.1, -0.05) is 12.1 Å². The Morgan fingerprint density at radius 2 is 2.00 bits per heavy atom. The highest BCUT2D eigenvalue weighted by Crippen LogP contribution is 2.31. The molecule has 2 aromatic rings. The number of halogens is 1. The summed E-state index contributed by atoms with van der Waals surface area (Å²) in [7, 11) is 0. The van der Waals surface area contributed by atoms with Crippen LogP contribution < -0.4 is 5.32 Å². The summed E-state index contributed by atoms with van der Waals surface area (Å²) >= 11 is 5.47. The molecule has 1 amide bonds. The van der Waals surface area contributed by atoms with E-state index in [-0.39, 0.29) is 11.9 Å². The Bertz CT molecular complexity index is 860. The molecule has 0 saturated carbocycles. The van der Waals surface area contributed by atoms with Crippen LogP contribution in [0.5, 0.6) is 0 Å². The van der Waals surface area contributed by atoms with Crippen LogP contribution >= 0.6 is 12.2 Å². The summed E-state index contributed by atoms with van der Waals surface area (Å²) in [5.41, 5.74) is 1.98. The molecule has 0 bridgehead atoms. The van der Waals surface area contributed by atoms with Gasteiger partial charge in [0.05, 0.1) is 17.7 Å². The molecule has 1 N–H and O–H groups in total. The van der Waals surface area contributed by atoms with E-state index in [1.807, 2.05) is 23.1 Å². The number of piperidine rings is 1. The monoisotopic (exact) mass is 367 g/mol. The number of carbonyl (C=O) groups is 1. The van der Waals surface area contributed by atoms with Crippen molar-refractivity contribution in [3.63, 3.8) is 0 Å². The molecule has 1 aliphatic rings. The van der Waals surface area contributed by atoms with Crippen molar-refractivity contribution < 1.29 is 9.18 Å². The fourth-order valence-electron chi connectivity index (χ4n) is 3.18. The maximum atomic E-state index is 13.0. The van der Waals surface area contributed by atoms with Gasteiger partial charge in [-0.15, -0.1) is 0 Å². The number of nitrogens with one attached hydrogen (secondary N) is 1. The summed E-state index contributed by atoms with van der Waals surface area (Å²) in [6.45, 7) is 0.740. The smallest absolute Gasteiger partial charge is 0.257 e. The Hall–Kier alpha value is -2.78. The third-order valence-corrected chi connectivity index (χ3v) is 4.83. The van der Waals surface area contributed by atoms with Gasteiger partial charge in [0, 0.05) is 12.1 Å². The van der Waals surface area contributed by atoms with Gasteiger partial charge < -0.3 is 4.90 Å². The highest BCUT2D eigenvalue weighted by atomic mass is 32.1. The van der Waals surface area contributed by atoms with Crippen LogP contribution in [0.2, 0.25) is 0 Å². The molecule has 26 heavy (non-hydrogen) atoms. The zero-order valence-corrected chi connectivity index (χ0v) is 14.9. The van der Waals surface area contributed by atoms with Crippen LogP contribution in [0.1, 0.15) is 46.8 Å². The van der Waals surface area contributed by atoms with Gasteiger partial charge in [-0.3, -0.25) is 10.1 Å². The molecule has 1 saturated heterocycles. The van der Waals surface area contributed by atoms with E-state index in [1.165, 1.54) is 24.3 Å². The number of rotatable bonds is 2. The maximum absolute atomic E-state index is 13.0. The lowest BCUT2D eigenvalue weighted by molar-refractivity contribution is 0.0969. The molecule has 1 aliphatic heterocycles. The van der Waals surface area contributed by atoms with Crippen molar-refractivity contribution in [1.82, 2.24) is 10.2 Å². The highest BCUT2D eigenvalue weighted by Gasteiger charge is 2.27. The van der Waals surface area contributed by atoms with Gasteiger partial charge in [0.25, 0.3) is 5.91 Å². The molecule has 1 fully saturated rings. The number of hydrogen-bond acceptors (Lipinski definition) is 3. The van der Waals surface area contributed by atoms with Crippen LogP contribution in [0.25, 0.3) is 0 Å². The summed E-state index contributed by atoms with van der Waals surface area (Å²) in [5.74, 6) is -0.748. The number of likely N-dealkylation sites (tertiary alicyclic amines) is 1. The minimum Gasteiger partial charge on any atom is -0.342 e. The molecule has 1 atom stereocenters. The maximum Gasteiger partial charge on any atom is 0.257 e. The predicted octanol–water partition coefficient (Wildman–Crippen LogP) is 3.94. The van der Waals surface area contributed by atoms with E-state index in [9.17, 15) is 9.18 Å². The Kier molecular flexibility index (Phi) is 5.59. The first kappa shape index (κ1) is 18.0. The Balaban J connectivity index is 1.76. The lowest BCUT2D eigenvalue weighted by Gasteiger charge is -2.37. The number of amides is 1. The fraction of sp³-hybridized carbons (Fsp3) is 0.250. The topological polar surface area (TPSA) is 56.1 Å². The van der Waals surface area contributed by atoms with Gasteiger partial charge in [-0.2, -0.15) is 5.26 Å². The lowest BCUT2D eigenvalue weighted by atomic mass is 9.94. The number of carbonyl (C=O) groups excluding carboxylic acids is 1. The van der Waals surface area contributed by atoms with Crippen molar-refractivity contribution >= 4 is 23.2 Å². The second-order valence-corrected chi connectivity index (χ2v) is 6.60. The Labute approximate surface area is 157 Å². The molecule has 2 aromatic carbocycles. The van der Waals surface area contributed by atoms with Gasteiger partial charge >= 0.3 is 0 Å². The van der Waals surface area contributed by atoms with E-state index >= 15 is 0 Å². The first-order valence-corrected chi connectivity index (χ1v) is 8.87. The molecule has 0 aliphatic carbocycles. The minimum atomic E-state index is -0.391. The van der Waals surface area contributed by atoms with Crippen LogP contribution in [0, 0.1) is 17.1 Å². The van der Waals surface area contributed by atoms with Crippen molar-refractivity contribution in [3.8, 4) is 6.07 Å². The van der Waals surface area contributed by atoms with Crippen molar-refractivity contribution in [2.45, 2.75) is 25.3 Å². The highest BCUT2D eigenvalue weighted by molar-refractivity contribution is 7.80. The molecule has 0 aromatic heterocycles. The third-order valence-electron chi connectivity index (χ3n) is 4.49. The van der Waals surface area contributed by atoms with Crippen molar-refractivity contribution in [1.29, 1.82) is 5.26 Å². The summed E-state index contributed by atoms with van der Waals surface area (Å²) in [5, 5.41) is 12.2. The van der Waals surface area contributed by atoms with Crippen LogP contribution in [-0.2, 0) is 0 Å². The molecular formula is C20H18FN3OS. The molecule has 1 heterocycles. The van der Waals surface area contributed by atoms with E-state index in [4.69, 9.17) is 17.5 Å². The van der Waals surface area contributed by atoms with Crippen molar-refractivity contribution in [3.05, 3.63) is 71.0 Å². The largest absolute Gasteiger partial charge is 0.342 e. The van der Waals surface area contributed by atoms with Crippen molar-refractivity contribution in [2.24, 2.45) is 0 Å². The zero-order chi connectivity index (χ0) is 18.5. The van der Waals surface area contributed by atoms with Gasteiger partial charge in [0.15, 0.2) is 5.11 Å². The first-order valence-electron chi connectivity index (χ1n) is 8.46. The van der Waals surface area contributed by atoms with E-state index < -0.39 is 5.82 Å². The number of nitrogens with zero attached hydrogens (tertiary/aromatic N) is 2. The van der Waals surface area contributed by atoms with Crippen LogP contribution in [-0.4, -0.2) is 22.5 Å². The molecule has 0 spiro atoms. The number of hydrogen-bond donors (Lipinski definition) is 1. The average Bonchev–Trinajstić information content (AvgIpc) is 2.68. The fourth-order valence-corrected chi connectivity index (χ4v) is 3.49. The summed E-state index contributed by atoms with van der Waals surface area (Å²) in [4.78, 5) is 14.4. The summed E-state index contributed by atoms with van der Waals surface area (Å²) < 4.78 is 13.0. The van der Waals surface area contributed by atoms with Gasteiger partial charge in [0.1, 0.15) is 5.82 Å². The van der Waals surface area contributed by atoms with Gasteiger partial charge in [-0.25, -0.2) is 4.39 Å². The molecule has 0 radical (unpaired) electrons. The third kappa shape index (κ3) is 4.06. The number of thiocarbonyl (C=S) groups is 1. The first-order chi connectivity index (χ1) is 12.6. The SMILES string of the molecule is N#Cc1cccc(C2CCCCN2C(=S)NC(=O)c2ccc(F)cc2)c1. The van der Waals surface area contributed by atoms with E-state index in [2.05, 4.69) is 11.4 Å². The summed E-state index contributed by atoms with van der Waals surface area (Å²) in [6.07, 6.45) is 2.95. The second kappa shape index (κ2) is 8.07. The van der Waals surface area contributed by atoms with Crippen LogP contribution in [0.3, 0.4) is 0 Å².